The third kappa shape index (κ3) is 3.50. The molecule has 1 nitrogen and oxygen atoms in total. The van der Waals surface area contributed by atoms with E-state index in [-0.39, 0.29) is 11.7 Å². The average molecular weight is 430 g/mol. The van der Waals surface area contributed by atoms with E-state index in [1.807, 2.05) is 51.1 Å². The molecule has 4 rings (SSSR count). The van der Waals surface area contributed by atoms with Gasteiger partial charge in [0.2, 0.25) is 34.8 Å². The molecule has 0 bridgehead atoms. The molecule has 0 fully saturated rings. The van der Waals surface area contributed by atoms with E-state index in [1.54, 1.807) is 12.1 Å². The van der Waals surface area contributed by atoms with Gasteiger partial charge >= 0.3 is 0 Å². The SMILES string of the molecule is CC1=Cc2c(cc(C(C)C)c(Oc3c(F)c(F)c(F)c(F)c3F)c2-c2ccccc2)C1. The molecule has 0 saturated heterocycles. The smallest absolute Gasteiger partial charge is 0.207 e. The first-order chi connectivity index (χ1) is 14.7. The fraction of sp³-hybridized carbons (Fsp3) is 0.200. The van der Waals surface area contributed by atoms with Gasteiger partial charge in [-0.15, -0.1) is 0 Å². The summed E-state index contributed by atoms with van der Waals surface area (Å²) in [7, 11) is 0. The summed E-state index contributed by atoms with van der Waals surface area (Å²) in [6.45, 7) is 5.71. The molecule has 6 heteroatoms. The van der Waals surface area contributed by atoms with Crippen LogP contribution in [0.15, 0.2) is 42.0 Å². The molecule has 0 N–H and O–H groups in total. The summed E-state index contributed by atoms with van der Waals surface area (Å²) < 4.78 is 75.6. The summed E-state index contributed by atoms with van der Waals surface area (Å²) in [6, 6.07) is 10.9. The van der Waals surface area contributed by atoms with Crippen LogP contribution in [0.4, 0.5) is 22.0 Å². The van der Waals surface area contributed by atoms with Crippen LogP contribution in [-0.2, 0) is 6.42 Å². The Kier molecular flexibility index (Phi) is 5.33. The Morgan fingerprint density at radius 3 is 1.97 bits per heavy atom. The Labute approximate surface area is 176 Å². The summed E-state index contributed by atoms with van der Waals surface area (Å²) in [5.41, 5.74) is 4.81. The minimum Gasteiger partial charge on any atom is -0.450 e. The van der Waals surface area contributed by atoms with Crippen LogP contribution in [0.25, 0.3) is 17.2 Å². The van der Waals surface area contributed by atoms with Gasteiger partial charge in [0.1, 0.15) is 5.75 Å². The Balaban J connectivity index is 2.04. The zero-order chi connectivity index (χ0) is 22.4. The Bertz CT molecular complexity index is 1180. The summed E-state index contributed by atoms with van der Waals surface area (Å²) in [5.74, 6) is -11.7. The van der Waals surface area contributed by atoms with Gasteiger partial charge in [0.15, 0.2) is 0 Å². The Hall–Kier alpha value is -3.15. The van der Waals surface area contributed by atoms with E-state index in [9.17, 15) is 22.0 Å². The van der Waals surface area contributed by atoms with Gasteiger partial charge in [0.05, 0.1) is 0 Å². The standard InChI is InChI=1S/C25H19F5O/c1-12(2)16-11-15-9-13(3)10-17(15)18(14-7-5-4-6-8-14)24(16)31-25-22(29)20(27)19(26)21(28)23(25)30/h4-8,10-12H,9H2,1-3H3. The first-order valence-electron chi connectivity index (χ1n) is 9.82. The van der Waals surface area contributed by atoms with Crippen LogP contribution in [0, 0.1) is 29.1 Å². The van der Waals surface area contributed by atoms with Gasteiger partial charge < -0.3 is 4.74 Å². The van der Waals surface area contributed by atoms with Crippen molar-refractivity contribution in [1.82, 2.24) is 0 Å². The van der Waals surface area contributed by atoms with Crippen LogP contribution in [0.1, 0.15) is 43.4 Å². The quantitative estimate of drug-likeness (QED) is 0.232. The largest absolute Gasteiger partial charge is 0.450 e. The number of hydrogen-bond donors (Lipinski definition) is 0. The summed E-state index contributed by atoms with van der Waals surface area (Å²) in [6.07, 6.45) is 2.66. The fourth-order valence-electron chi connectivity index (χ4n) is 3.87. The van der Waals surface area contributed by atoms with Crippen molar-refractivity contribution < 1.29 is 26.7 Å². The van der Waals surface area contributed by atoms with Crippen molar-refractivity contribution in [3.8, 4) is 22.6 Å². The van der Waals surface area contributed by atoms with Gasteiger partial charge in [-0.25, -0.2) is 13.2 Å². The van der Waals surface area contributed by atoms with Crippen molar-refractivity contribution in [2.24, 2.45) is 0 Å². The van der Waals surface area contributed by atoms with Crippen LogP contribution in [-0.4, -0.2) is 0 Å². The zero-order valence-electron chi connectivity index (χ0n) is 17.1. The van der Waals surface area contributed by atoms with Crippen molar-refractivity contribution in [3.05, 3.63) is 87.7 Å². The molecule has 0 saturated carbocycles. The fourth-order valence-corrected chi connectivity index (χ4v) is 3.87. The van der Waals surface area contributed by atoms with Gasteiger partial charge in [-0.05, 0) is 41.5 Å². The molecule has 0 atom stereocenters. The molecule has 0 unspecified atom stereocenters. The molecule has 160 valence electrons. The highest BCUT2D eigenvalue weighted by Gasteiger charge is 2.30. The molecule has 1 aliphatic carbocycles. The van der Waals surface area contributed by atoms with Crippen molar-refractivity contribution >= 4 is 6.08 Å². The second-order valence-electron chi connectivity index (χ2n) is 7.93. The van der Waals surface area contributed by atoms with Crippen LogP contribution in [0.3, 0.4) is 0 Å². The molecule has 0 amide bonds. The van der Waals surface area contributed by atoms with E-state index < -0.39 is 34.8 Å². The van der Waals surface area contributed by atoms with Gasteiger partial charge in [-0.1, -0.05) is 61.9 Å². The Morgan fingerprint density at radius 2 is 1.39 bits per heavy atom. The van der Waals surface area contributed by atoms with Crippen molar-refractivity contribution in [3.63, 3.8) is 0 Å². The van der Waals surface area contributed by atoms with Crippen LogP contribution >= 0.6 is 0 Å². The molecule has 0 heterocycles. The third-order valence-electron chi connectivity index (χ3n) is 5.35. The van der Waals surface area contributed by atoms with Gasteiger partial charge in [0.25, 0.3) is 0 Å². The lowest BCUT2D eigenvalue weighted by Crippen LogP contribution is -2.07. The Morgan fingerprint density at radius 1 is 0.806 bits per heavy atom. The number of allylic oxidation sites excluding steroid dienone is 1. The van der Waals surface area contributed by atoms with E-state index in [0.29, 0.717) is 23.1 Å². The molecular weight excluding hydrogens is 411 g/mol. The van der Waals surface area contributed by atoms with E-state index >= 15 is 0 Å². The van der Waals surface area contributed by atoms with Gasteiger partial charge in [-0.2, -0.15) is 8.78 Å². The molecule has 3 aromatic rings. The number of hydrogen-bond acceptors (Lipinski definition) is 1. The first-order valence-corrected chi connectivity index (χ1v) is 9.82. The lowest BCUT2D eigenvalue weighted by molar-refractivity contribution is 0.331. The normalized spacial score (nSPS) is 12.9. The molecule has 0 aromatic heterocycles. The molecule has 31 heavy (non-hydrogen) atoms. The second-order valence-corrected chi connectivity index (χ2v) is 7.93. The van der Waals surface area contributed by atoms with Crippen molar-refractivity contribution in [2.45, 2.75) is 33.1 Å². The molecule has 3 aromatic carbocycles. The zero-order valence-corrected chi connectivity index (χ0v) is 17.1. The van der Waals surface area contributed by atoms with E-state index in [4.69, 9.17) is 4.74 Å². The molecule has 0 aliphatic heterocycles. The lowest BCUT2D eigenvalue weighted by atomic mass is 9.89. The number of fused-ring (bicyclic) bond motifs is 1. The summed E-state index contributed by atoms with van der Waals surface area (Å²) in [5, 5.41) is 0. The highest BCUT2D eigenvalue weighted by molar-refractivity contribution is 5.86. The number of benzene rings is 3. The minimum atomic E-state index is -2.22. The maximum atomic E-state index is 14.4. The predicted octanol–water partition coefficient (Wildman–Crippen LogP) is 7.92. The maximum absolute atomic E-state index is 14.4. The topological polar surface area (TPSA) is 9.23 Å². The number of halogens is 5. The number of ether oxygens (including phenoxy) is 1. The maximum Gasteiger partial charge on any atom is 0.207 e. The third-order valence-corrected chi connectivity index (χ3v) is 5.35. The van der Waals surface area contributed by atoms with Crippen LogP contribution < -0.4 is 4.74 Å². The minimum absolute atomic E-state index is 0.0779. The monoisotopic (exact) mass is 430 g/mol. The van der Waals surface area contributed by atoms with Gasteiger partial charge in [0, 0.05) is 5.56 Å². The molecular formula is C25H19F5O. The summed E-state index contributed by atoms with van der Waals surface area (Å²) >= 11 is 0. The van der Waals surface area contributed by atoms with Crippen molar-refractivity contribution in [2.75, 3.05) is 0 Å². The predicted molar refractivity (Wildman–Crippen MR) is 110 cm³/mol. The van der Waals surface area contributed by atoms with Crippen molar-refractivity contribution in [1.29, 1.82) is 0 Å². The molecule has 1 aliphatic rings. The van der Waals surface area contributed by atoms with Crippen LogP contribution in [0.2, 0.25) is 0 Å². The van der Waals surface area contributed by atoms with E-state index in [0.717, 1.165) is 16.7 Å². The highest BCUT2D eigenvalue weighted by Crippen LogP contribution is 2.47. The second kappa shape index (κ2) is 7.84. The molecule has 0 spiro atoms. The summed E-state index contributed by atoms with van der Waals surface area (Å²) in [4.78, 5) is 0. The first kappa shape index (κ1) is 21.1. The number of rotatable bonds is 4. The highest BCUT2D eigenvalue weighted by atomic mass is 19.2. The average Bonchev–Trinajstić information content (AvgIpc) is 3.13. The molecule has 0 radical (unpaired) electrons. The van der Waals surface area contributed by atoms with Gasteiger partial charge in [-0.3, -0.25) is 0 Å². The van der Waals surface area contributed by atoms with E-state index in [2.05, 4.69) is 0 Å². The van der Waals surface area contributed by atoms with Crippen LogP contribution in [0.5, 0.6) is 11.5 Å². The van der Waals surface area contributed by atoms with E-state index in [1.165, 1.54) is 0 Å². The lowest BCUT2D eigenvalue weighted by Gasteiger charge is -2.22.